The van der Waals surface area contributed by atoms with Crippen molar-refractivity contribution in [2.45, 2.75) is 38.1 Å². The maximum atomic E-state index is 8.53. The molecule has 2 fully saturated rings. The fourth-order valence-electron chi connectivity index (χ4n) is 2.83. The molecule has 1 heterocycles. The van der Waals surface area contributed by atoms with Gasteiger partial charge in [-0.25, -0.2) is 0 Å². The lowest BCUT2D eigenvalue weighted by Crippen LogP contribution is -2.49. The Hall–Kier alpha value is -0.590. The zero-order valence-corrected chi connectivity index (χ0v) is 9.49. The molecule has 15 heavy (non-hydrogen) atoms. The first kappa shape index (κ1) is 10.9. The van der Waals surface area contributed by atoms with E-state index < -0.39 is 0 Å². The molecule has 0 atom stereocenters. The van der Waals surface area contributed by atoms with Gasteiger partial charge in [-0.1, -0.05) is 12.8 Å². The number of rotatable bonds is 3. The lowest BCUT2D eigenvalue weighted by Gasteiger charge is -2.37. The van der Waals surface area contributed by atoms with Crippen LogP contribution in [-0.4, -0.2) is 48.6 Å². The second kappa shape index (κ2) is 5.48. The maximum Gasteiger partial charge on any atom is 0.0635 e. The number of nitriles is 1. The van der Waals surface area contributed by atoms with Gasteiger partial charge in [0, 0.05) is 45.2 Å². The van der Waals surface area contributed by atoms with Crippen LogP contribution in [0.25, 0.3) is 0 Å². The summed E-state index contributed by atoms with van der Waals surface area (Å²) in [6, 6.07) is 3.10. The molecule has 0 aromatic carbocycles. The van der Waals surface area contributed by atoms with Gasteiger partial charge >= 0.3 is 0 Å². The molecule has 2 aliphatic rings. The summed E-state index contributed by atoms with van der Waals surface area (Å²) in [5.74, 6) is 0. The first-order valence-corrected chi connectivity index (χ1v) is 6.23. The van der Waals surface area contributed by atoms with Gasteiger partial charge in [-0.05, 0) is 12.8 Å². The lowest BCUT2D eigenvalue weighted by molar-refractivity contribution is 0.0993. The Morgan fingerprint density at radius 1 is 1.07 bits per heavy atom. The first-order chi connectivity index (χ1) is 7.40. The van der Waals surface area contributed by atoms with Crippen molar-refractivity contribution in [1.29, 1.82) is 5.26 Å². The van der Waals surface area contributed by atoms with E-state index in [-0.39, 0.29) is 0 Å². The Morgan fingerprint density at radius 2 is 1.73 bits per heavy atom. The van der Waals surface area contributed by atoms with E-state index in [1.54, 1.807) is 0 Å². The van der Waals surface area contributed by atoms with Crippen molar-refractivity contribution in [3.05, 3.63) is 0 Å². The highest BCUT2D eigenvalue weighted by atomic mass is 15.3. The van der Waals surface area contributed by atoms with E-state index in [0.717, 1.165) is 25.7 Å². The molecule has 0 bridgehead atoms. The van der Waals surface area contributed by atoms with Crippen molar-refractivity contribution in [3.63, 3.8) is 0 Å². The first-order valence-electron chi connectivity index (χ1n) is 6.23. The number of hydrogen-bond acceptors (Lipinski definition) is 3. The predicted octanol–water partition coefficient (Wildman–Crippen LogP) is 1.46. The minimum absolute atomic E-state index is 0.684. The molecule has 0 unspecified atom stereocenters. The van der Waals surface area contributed by atoms with Gasteiger partial charge in [0.25, 0.3) is 0 Å². The van der Waals surface area contributed by atoms with Crippen LogP contribution in [0.1, 0.15) is 32.1 Å². The van der Waals surface area contributed by atoms with Crippen LogP contribution < -0.4 is 0 Å². The van der Waals surface area contributed by atoms with Crippen molar-refractivity contribution in [2.75, 3.05) is 32.7 Å². The van der Waals surface area contributed by atoms with Gasteiger partial charge in [-0.15, -0.1) is 0 Å². The SMILES string of the molecule is N#CCCN1CCN(C2CCCC2)CC1. The summed E-state index contributed by atoms with van der Waals surface area (Å²) >= 11 is 0. The lowest BCUT2D eigenvalue weighted by atomic mass is 10.2. The summed E-state index contributed by atoms with van der Waals surface area (Å²) in [5, 5.41) is 8.53. The van der Waals surface area contributed by atoms with Gasteiger partial charge in [0.1, 0.15) is 0 Å². The highest BCUT2D eigenvalue weighted by molar-refractivity contribution is 4.83. The van der Waals surface area contributed by atoms with Crippen LogP contribution >= 0.6 is 0 Å². The topological polar surface area (TPSA) is 30.3 Å². The molecule has 1 saturated heterocycles. The normalized spacial score (nSPS) is 25.5. The highest BCUT2D eigenvalue weighted by Gasteiger charge is 2.25. The van der Waals surface area contributed by atoms with E-state index in [1.807, 2.05) is 0 Å². The number of hydrogen-bond donors (Lipinski definition) is 0. The summed E-state index contributed by atoms with van der Waals surface area (Å²) < 4.78 is 0. The number of piperazine rings is 1. The Kier molecular flexibility index (Phi) is 3.99. The molecule has 1 saturated carbocycles. The molecule has 1 aliphatic heterocycles. The largest absolute Gasteiger partial charge is 0.300 e. The molecule has 0 amide bonds. The van der Waals surface area contributed by atoms with Gasteiger partial charge in [-0.2, -0.15) is 5.26 Å². The second-order valence-corrected chi connectivity index (χ2v) is 4.72. The van der Waals surface area contributed by atoms with Gasteiger partial charge in [0.2, 0.25) is 0 Å². The summed E-state index contributed by atoms with van der Waals surface area (Å²) in [6.45, 7) is 5.73. The molecule has 0 aromatic heterocycles. The highest BCUT2D eigenvalue weighted by Crippen LogP contribution is 2.24. The van der Waals surface area contributed by atoms with Gasteiger partial charge < -0.3 is 0 Å². The van der Waals surface area contributed by atoms with Crippen LogP contribution in [-0.2, 0) is 0 Å². The maximum absolute atomic E-state index is 8.53. The molecular weight excluding hydrogens is 186 g/mol. The molecule has 0 radical (unpaired) electrons. The number of nitrogens with zero attached hydrogens (tertiary/aromatic N) is 3. The van der Waals surface area contributed by atoms with E-state index in [4.69, 9.17) is 5.26 Å². The van der Waals surface area contributed by atoms with E-state index in [9.17, 15) is 0 Å². The monoisotopic (exact) mass is 207 g/mol. The quantitative estimate of drug-likeness (QED) is 0.702. The Balaban J connectivity index is 1.69. The Morgan fingerprint density at radius 3 is 2.33 bits per heavy atom. The van der Waals surface area contributed by atoms with Gasteiger partial charge in [0.05, 0.1) is 6.07 Å². The summed E-state index contributed by atoms with van der Waals surface area (Å²) in [4.78, 5) is 5.09. The van der Waals surface area contributed by atoms with E-state index in [2.05, 4.69) is 15.9 Å². The van der Waals surface area contributed by atoms with Gasteiger partial charge in [0.15, 0.2) is 0 Å². The third-order valence-electron chi connectivity index (χ3n) is 3.79. The van der Waals surface area contributed by atoms with E-state index >= 15 is 0 Å². The minimum atomic E-state index is 0.684. The summed E-state index contributed by atoms with van der Waals surface area (Å²) in [7, 11) is 0. The third kappa shape index (κ3) is 2.93. The van der Waals surface area contributed by atoms with Gasteiger partial charge in [-0.3, -0.25) is 9.80 Å². The Labute approximate surface area is 92.7 Å². The van der Waals surface area contributed by atoms with E-state index in [1.165, 1.54) is 38.8 Å². The molecule has 0 N–H and O–H groups in total. The molecule has 0 aromatic rings. The minimum Gasteiger partial charge on any atom is -0.300 e. The standard InChI is InChI=1S/C12H21N3/c13-6-3-7-14-8-10-15(11-9-14)12-4-1-2-5-12/h12H,1-5,7-11H2. The smallest absolute Gasteiger partial charge is 0.0635 e. The van der Waals surface area contributed by atoms with Crippen LogP contribution in [0.15, 0.2) is 0 Å². The third-order valence-corrected chi connectivity index (χ3v) is 3.79. The summed E-state index contributed by atoms with van der Waals surface area (Å²) in [6.07, 6.45) is 6.37. The van der Waals surface area contributed by atoms with Crippen molar-refractivity contribution in [2.24, 2.45) is 0 Å². The molecule has 3 nitrogen and oxygen atoms in total. The van der Waals surface area contributed by atoms with Crippen LogP contribution in [0.5, 0.6) is 0 Å². The van der Waals surface area contributed by atoms with Crippen LogP contribution in [0, 0.1) is 11.3 Å². The zero-order valence-electron chi connectivity index (χ0n) is 9.49. The van der Waals surface area contributed by atoms with Crippen molar-refractivity contribution in [1.82, 2.24) is 9.80 Å². The van der Waals surface area contributed by atoms with Crippen LogP contribution in [0.3, 0.4) is 0 Å². The second-order valence-electron chi connectivity index (χ2n) is 4.72. The fourth-order valence-corrected chi connectivity index (χ4v) is 2.83. The van der Waals surface area contributed by atoms with Crippen molar-refractivity contribution in [3.8, 4) is 6.07 Å². The molecule has 1 aliphatic carbocycles. The van der Waals surface area contributed by atoms with Crippen LogP contribution in [0.2, 0.25) is 0 Å². The fraction of sp³-hybridized carbons (Fsp3) is 0.917. The molecule has 3 heteroatoms. The molecule has 2 rings (SSSR count). The predicted molar refractivity (Wildman–Crippen MR) is 60.5 cm³/mol. The Bertz CT molecular complexity index is 220. The molecule has 0 spiro atoms. The zero-order chi connectivity index (χ0) is 10.5. The van der Waals surface area contributed by atoms with Crippen molar-refractivity contribution >= 4 is 0 Å². The average Bonchev–Trinajstić information content (AvgIpc) is 2.80. The average molecular weight is 207 g/mol. The summed E-state index contributed by atoms with van der Waals surface area (Å²) in [5.41, 5.74) is 0. The van der Waals surface area contributed by atoms with Crippen LogP contribution in [0.4, 0.5) is 0 Å². The molecular formula is C12H21N3. The van der Waals surface area contributed by atoms with E-state index in [0.29, 0.717) is 6.42 Å². The van der Waals surface area contributed by atoms with Crippen molar-refractivity contribution < 1.29 is 0 Å². The molecule has 84 valence electrons.